The van der Waals surface area contributed by atoms with Crippen LogP contribution in [0, 0.1) is 5.92 Å². The molecular weight excluding hydrogens is 271 g/mol. The van der Waals surface area contributed by atoms with Gasteiger partial charge < -0.3 is 10.7 Å². The molecule has 0 saturated carbocycles. The monoisotopic (exact) mass is 290 g/mol. The average Bonchev–Trinajstić information content (AvgIpc) is 2.30. The molecular formula is C12H20Cl2N4. The molecule has 0 fully saturated rings. The fraction of sp³-hybridized carbons (Fsp3) is 0.583. The van der Waals surface area contributed by atoms with Gasteiger partial charge in [0.2, 0.25) is 0 Å². The molecule has 0 aliphatic rings. The summed E-state index contributed by atoms with van der Waals surface area (Å²) >= 11 is 12.0. The Morgan fingerprint density at radius 3 is 2.33 bits per heavy atom. The molecule has 18 heavy (non-hydrogen) atoms. The van der Waals surface area contributed by atoms with E-state index >= 15 is 0 Å². The molecule has 0 aliphatic heterocycles. The number of hydrazine groups is 1. The quantitative estimate of drug-likeness (QED) is 0.549. The van der Waals surface area contributed by atoms with Crippen molar-refractivity contribution in [2.45, 2.75) is 39.7 Å². The van der Waals surface area contributed by atoms with E-state index < -0.39 is 0 Å². The largest absolute Gasteiger partial charge is 0.366 e. The van der Waals surface area contributed by atoms with Gasteiger partial charge in [0.1, 0.15) is 5.82 Å². The lowest BCUT2D eigenvalue weighted by molar-refractivity contribution is 0.527. The summed E-state index contributed by atoms with van der Waals surface area (Å²) in [6.45, 7) is 6.51. The zero-order chi connectivity index (χ0) is 13.7. The number of nitrogens with one attached hydrogen (secondary N) is 2. The predicted octanol–water partition coefficient (Wildman–Crippen LogP) is 3.91. The Hall–Kier alpha value is -0.710. The van der Waals surface area contributed by atoms with Gasteiger partial charge in [-0.25, -0.2) is 10.8 Å². The highest BCUT2D eigenvalue weighted by Crippen LogP contribution is 2.29. The fourth-order valence-electron chi connectivity index (χ4n) is 1.56. The summed E-state index contributed by atoms with van der Waals surface area (Å²) in [5, 5.41) is 4.17. The van der Waals surface area contributed by atoms with E-state index in [2.05, 4.69) is 36.5 Å². The molecule has 0 aliphatic carbocycles. The van der Waals surface area contributed by atoms with Crippen molar-refractivity contribution in [3.8, 4) is 0 Å². The van der Waals surface area contributed by atoms with Gasteiger partial charge in [-0.15, -0.1) is 0 Å². The first-order chi connectivity index (χ1) is 8.43. The van der Waals surface area contributed by atoms with Crippen LogP contribution in [-0.2, 0) is 0 Å². The highest BCUT2D eigenvalue weighted by atomic mass is 35.5. The van der Waals surface area contributed by atoms with E-state index in [1.165, 1.54) is 0 Å². The summed E-state index contributed by atoms with van der Waals surface area (Å²) in [4.78, 5) is 4.25. The van der Waals surface area contributed by atoms with Gasteiger partial charge in [-0.3, -0.25) is 0 Å². The molecule has 4 nitrogen and oxygen atoms in total. The Bertz CT molecular complexity index is 396. The van der Waals surface area contributed by atoms with Crippen LogP contribution in [-0.4, -0.2) is 11.0 Å². The zero-order valence-corrected chi connectivity index (χ0v) is 12.4. The first-order valence-corrected chi connectivity index (χ1v) is 6.78. The number of pyridine rings is 1. The molecule has 6 heteroatoms. The van der Waals surface area contributed by atoms with Gasteiger partial charge >= 0.3 is 0 Å². The summed E-state index contributed by atoms with van der Waals surface area (Å²) in [5.41, 5.74) is 2.44. The summed E-state index contributed by atoms with van der Waals surface area (Å²) in [5.74, 6) is 7.03. The lowest BCUT2D eigenvalue weighted by atomic mass is 10.0. The average molecular weight is 291 g/mol. The first-order valence-electron chi connectivity index (χ1n) is 6.03. The van der Waals surface area contributed by atoms with E-state index in [0.717, 1.165) is 12.8 Å². The van der Waals surface area contributed by atoms with E-state index in [1.807, 2.05) is 0 Å². The number of aromatic nitrogens is 1. The molecule has 4 N–H and O–H groups in total. The third-order valence-electron chi connectivity index (χ3n) is 2.63. The Labute approximate surface area is 118 Å². The second-order valence-corrected chi connectivity index (χ2v) is 5.62. The second kappa shape index (κ2) is 7.02. The Morgan fingerprint density at radius 2 is 1.78 bits per heavy atom. The minimum Gasteiger partial charge on any atom is -0.366 e. The van der Waals surface area contributed by atoms with Crippen molar-refractivity contribution in [1.82, 2.24) is 4.98 Å². The van der Waals surface area contributed by atoms with Crippen LogP contribution in [0.25, 0.3) is 0 Å². The van der Waals surface area contributed by atoms with Crippen molar-refractivity contribution in [1.29, 1.82) is 0 Å². The summed E-state index contributed by atoms with van der Waals surface area (Å²) < 4.78 is 0. The number of nitrogen functional groups attached to an aromatic ring is 1. The Kier molecular flexibility index (Phi) is 5.99. The molecule has 0 radical (unpaired) electrons. The van der Waals surface area contributed by atoms with Gasteiger partial charge in [0, 0.05) is 6.04 Å². The molecule has 0 saturated heterocycles. The molecule has 1 rings (SSSR count). The van der Waals surface area contributed by atoms with Crippen LogP contribution in [0.5, 0.6) is 0 Å². The number of nitrogens with zero attached hydrogens (tertiary/aromatic N) is 1. The molecule has 1 atom stereocenters. The van der Waals surface area contributed by atoms with Crippen molar-refractivity contribution < 1.29 is 0 Å². The van der Waals surface area contributed by atoms with E-state index in [-0.39, 0.29) is 0 Å². The minimum absolute atomic E-state index is 0.296. The van der Waals surface area contributed by atoms with Crippen LogP contribution in [0.4, 0.5) is 11.6 Å². The van der Waals surface area contributed by atoms with Crippen LogP contribution in [0.1, 0.15) is 33.6 Å². The van der Waals surface area contributed by atoms with Crippen molar-refractivity contribution in [2.75, 3.05) is 10.7 Å². The van der Waals surface area contributed by atoms with Gasteiger partial charge in [0.15, 0.2) is 5.82 Å². The van der Waals surface area contributed by atoms with E-state index in [1.54, 1.807) is 6.07 Å². The number of rotatable bonds is 6. The number of anilines is 2. The summed E-state index contributed by atoms with van der Waals surface area (Å²) in [7, 11) is 0. The van der Waals surface area contributed by atoms with Crippen LogP contribution in [0.15, 0.2) is 6.07 Å². The highest BCUT2D eigenvalue weighted by molar-refractivity contribution is 6.37. The molecule has 0 amide bonds. The Morgan fingerprint density at radius 1 is 1.17 bits per heavy atom. The third-order valence-corrected chi connectivity index (χ3v) is 3.20. The summed E-state index contributed by atoms with van der Waals surface area (Å²) in [6, 6.07) is 1.92. The maximum Gasteiger partial charge on any atom is 0.161 e. The van der Waals surface area contributed by atoms with Crippen molar-refractivity contribution in [3.63, 3.8) is 0 Å². The van der Waals surface area contributed by atoms with Gasteiger partial charge in [0.05, 0.1) is 10.0 Å². The van der Waals surface area contributed by atoms with Crippen molar-refractivity contribution >= 4 is 34.8 Å². The molecule has 0 aromatic carbocycles. The third kappa shape index (κ3) is 4.52. The number of halogens is 2. The highest BCUT2D eigenvalue weighted by Gasteiger charge is 2.11. The number of hydrogen-bond donors (Lipinski definition) is 3. The molecule has 1 aromatic rings. The first kappa shape index (κ1) is 15.3. The standard InChI is InChI=1S/C12H20Cl2N4/c1-7(2)4-5-8(3)16-11-9(13)6-10(14)12(17-11)18-15/h6-8H,4-5,15H2,1-3H3,(H2,16,17,18). The fourth-order valence-corrected chi connectivity index (χ4v) is 2.03. The van der Waals surface area contributed by atoms with Crippen LogP contribution < -0.4 is 16.6 Å². The molecule has 102 valence electrons. The lowest BCUT2D eigenvalue weighted by Gasteiger charge is -2.17. The maximum absolute atomic E-state index is 6.09. The minimum atomic E-state index is 0.296. The smallest absolute Gasteiger partial charge is 0.161 e. The molecule has 1 unspecified atom stereocenters. The summed E-state index contributed by atoms with van der Waals surface area (Å²) in [6.07, 6.45) is 2.21. The van der Waals surface area contributed by atoms with Crippen molar-refractivity contribution in [2.24, 2.45) is 11.8 Å². The number of nitrogens with two attached hydrogens (primary N) is 1. The second-order valence-electron chi connectivity index (χ2n) is 4.81. The van der Waals surface area contributed by atoms with Crippen LogP contribution in [0.2, 0.25) is 10.0 Å². The predicted molar refractivity (Wildman–Crippen MR) is 79.2 cm³/mol. The zero-order valence-electron chi connectivity index (χ0n) is 10.9. The topological polar surface area (TPSA) is 63.0 Å². The SMILES string of the molecule is CC(C)CCC(C)Nc1nc(NN)c(Cl)cc1Cl. The molecule has 0 bridgehead atoms. The molecule has 1 heterocycles. The maximum atomic E-state index is 6.09. The van der Waals surface area contributed by atoms with Gasteiger partial charge in [-0.1, -0.05) is 37.0 Å². The van der Waals surface area contributed by atoms with E-state index in [4.69, 9.17) is 29.0 Å². The van der Waals surface area contributed by atoms with Gasteiger partial charge in [0.25, 0.3) is 0 Å². The van der Waals surface area contributed by atoms with Crippen LogP contribution in [0.3, 0.4) is 0 Å². The van der Waals surface area contributed by atoms with Crippen molar-refractivity contribution in [3.05, 3.63) is 16.1 Å². The lowest BCUT2D eigenvalue weighted by Crippen LogP contribution is -2.18. The van der Waals surface area contributed by atoms with E-state index in [0.29, 0.717) is 33.6 Å². The van der Waals surface area contributed by atoms with Gasteiger partial charge in [-0.2, -0.15) is 0 Å². The normalized spacial score (nSPS) is 12.6. The van der Waals surface area contributed by atoms with Gasteiger partial charge in [-0.05, 0) is 31.7 Å². The number of hydrogen-bond acceptors (Lipinski definition) is 4. The Balaban J connectivity index is 2.71. The van der Waals surface area contributed by atoms with Crippen LogP contribution >= 0.6 is 23.2 Å². The molecule has 0 spiro atoms. The molecule has 1 aromatic heterocycles. The van der Waals surface area contributed by atoms with E-state index in [9.17, 15) is 0 Å².